The number of hydrogen-bond acceptors (Lipinski definition) is 6. The molecule has 5 rings (SSSR count). The van der Waals surface area contributed by atoms with Crippen molar-refractivity contribution in [1.29, 1.82) is 0 Å². The van der Waals surface area contributed by atoms with E-state index < -0.39 is 17.8 Å². The first kappa shape index (κ1) is 25.3. The zero-order valence-corrected chi connectivity index (χ0v) is 20.9. The Kier molecular flexibility index (Phi) is 6.96. The minimum absolute atomic E-state index is 0.127. The second-order valence-electron chi connectivity index (χ2n) is 10.4. The van der Waals surface area contributed by atoms with Crippen LogP contribution in [0.5, 0.6) is 0 Å². The van der Waals surface area contributed by atoms with E-state index in [2.05, 4.69) is 39.5 Å². The molecule has 0 saturated heterocycles. The SMILES string of the molecule is CC(C)[C@H]1CC[C@H](n2cc(NC(=O)c3coc(-c4ccnc(NCC5CC5)c4)n3)c(C(F)(F)F)n2)CC1. The summed E-state index contributed by atoms with van der Waals surface area (Å²) >= 11 is 0. The van der Waals surface area contributed by atoms with E-state index in [0.717, 1.165) is 38.5 Å². The zero-order chi connectivity index (χ0) is 26.2. The molecule has 0 bridgehead atoms. The Balaban J connectivity index is 1.29. The van der Waals surface area contributed by atoms with E-state index in [0.29, 0.717) is 29.1 Å². The van der Waals surface area contributed by atoms with Crippen LogP contribution < -0.4 is 10.6 Å². The second kappa shape index (κ2) is 10.2. The first-order valence-corrected chi connectivity index (χ1v) is 12.8. The molecule has 2 N–H and O–H groups in total. The van der Waals surface area contributed by atoms with E-state index in [1.165, 1.54) is 23.7 Å². The van der Waals surface area contributed by atoms with Gasteiger partial charge < -0.3 is 15.1 Å². The summed E-state index contributed by atoms with van der Waals surface area (Å²) in [6.07, 6.45) is 5.12. The maximum atomic E-state index is 13.8. The second-order valence-corrected chi connectivity index (χ2v) is 10.4. The third-order valence-electron chi connectivity index (χ3n) is 7.32. The number of carbonyl (C=O) groups excluding carboxylic acids is 1. The van der Waals surface area contributed by atoms with Gasteiger partial charge in [0.1, 0.15) is 12.1 Å². The van der Waals surface area contributed by atoms with Gasteiger partial charge in [-0.25, -0.2) is 9.97 Å². The van der Waals surface area contributed by atoms with Gasteiger partial charge in [0, 0.05) is 24.5 Å². The summed E-state index contributed by atoms with van der Waals surface area (Å²) < 4.78 is 48.1. The number of amides is 1. The average Bonchev–Trinajstić information content (AvgIpc) is 3.38. The van der Waals surface area contributed by atoms with Gasteiger partial charge >= 0.3 is 6.18 Å². The molecule has 3 aromatic heterocycles. The predicted octanol–water partition coefficient (Wildman–Crippen LogP) is 6.41. The minimum Gasteiger partial charge on any atom is -0.444 e. The molecule has 3 heterocycles. The van der Waals surface area contributed by atoms with Gasteiger partial charge in [-0.1, -0.05) is 13.8 Å². The van der Waals surface area contributed by atoms with Gasteiger partial charge in [0.25, 0.3) is 5.91 Å². The van der Waals surface area contributed by atoms with Gasteiger partial charge in [-0.05, 0) is 68.4 Å². The summed E-state index contributed by atoms with van der Waals surface area (Å²) in [6, 6.07) is 3.32. The molecular weight excluding hydrogens is 485 g/mol. The fourth-order valence-electron chi connectivity index (χ4n) is 4.84. The molecule has 0 radical (unpaired) electrons. The number of pyridine rings is 1. The van der Waals surface area contributed by atoms with Crippen molar-refractivity contribution in [3.05, 3.63) is 42.2 Å². The highest BCUT2D eigenvalue weighted by atomic mass is 19.4. The number of nitrogens with one attached hydrogen (secondary N) is 2. The number of hydrogen-bond donors (Lipinski definition) is 2. The normalized spacial score (nSPS) is 20.3. The third-order valence-corrected chi connectivity index (χ3v) is 7.32. The largest absolute Gasteiger partial charge is 0.444 e. The van der Waals surface area contributed by atoms with Gasteiger partial charge in [0.05, 0.1) is 11.7 Å². The standard InChI is InChI=1S/C26H31F3N6O2/c1-15(2)17-5-7-19(8-6-17)35-13-20(23(34-35)26(27,28)29)32-24(36)21-14-37-25(33-21)18-9-10-30-22(11-18)31-12-16-3-4-16/h9-11,13-17,19H,3-8,12H2,1-2H3,(H,30,31)(H,32,36)/t17-,19-. The maximum absolute atomic E-state index is 13.8. The topological polar surface area (TPSA) is 97.9 Å². The zero-order valence-electron chi connectivity index (χ0n) is 20.9. The van der Waals surface area contributed by atoms with E-state index in [1.807, 2.05) is 0 Å². The van der Waals surface area contributed by atoms with E-state index >= 15 is 0 Å². The van der Waals surface area contributed by atoms with E-state index in [-0.39, 0.29) is 23.3 Å². The van der Waals surface area contributed by atoms with Crippen LogP contribution in [0.3, 0.4) is 0 Å². The number of oxazole rings is 1. The van der Waals surface area contributed by atoms with Gasteiger partial charge in [-0.15, -0.1) is 0 Å². The number of aromatic nitrogens is 4. The van der Waals surface area contributed by atoms with Crippen LogP contribution in [0.2, 0.25) is 0 Å². The number of carbonyl (C=O) groups is 1. The Morgan fingerprint density at radius 3 is 2.62 bits per heavy atom. The lowest BCUT2D eigenvalue weighted by Crippen LogP contribution is -2.22. The van der Waals surface area contributed by atoms with Crippen LogP contribution in [0.25, 0.3) is 11.5 Å². The molecule has 3 aromatic rings. The fraction of sp³-hybridized carbons (Fsp3) is 0.538. The van der Waals surface area contributed by atoms with Crippen molar-refractivity contribution in [3.63, 3.8) is 0 Å². The molecule has 0 unspecified atom stereocenters. The van der Waals surface area contributed by atoms with Gasteiger partial charge in [0.15, 0.2) is 11.4 Å². The smallest absolute Gasteiger partial charge is 0.437 e. The predicted molar refractivity (Wildman–Crippen MR) is 132 cm³/mol. The molecule has 2 fully saturated rings. The summed E-state index contributed by atoms with van der Waals surface area (Å²) in [5.74, 6) is 1.83. The molecule has 2 aliphatic carbocycles. The van der Waals surface area contributed by atoms with Crippen LogP contribution >= 0.6 is 0 Å². The molecule has 37 heavy (non-hydrogen) atoms. The first-order chi connectivity index (χ1) is 17.7. The highest BCUT2D eigenvalue weighted by molar-refractivity contribution is 6.03. The fourth-order valence-corrected chi connectivity index (χ4v) is 4.84. The number of halogens is 3. The van der Waals surface area contributed by atoms with Crippen molar-refractivity contribution in [2.45, 2.75) is 64.6 Å². The van der Waals surface area contributed by atoms with Crippen LogP contribution in [0.15, 0.2) is 35.2 Å². The molecule has 0 aliphatic heterocycles. The van der Waals surface area contributed by atoms with Gasteiger partial charge in [-0.2, -0.15) is 18.3 Å². The molecule has 8 nitrogen and oxygen atoms in total. The molecule has 2 saturated carbocycles. The molecule has 0 spiro atoms. The summed E-state index contributed by atoms with van der Waals surface area (Å²) in [6.45, 7) is 5.18. The van der Waals surface area contributed by atoms with E-state index in [1.54, 1.807) is 18.3 Å². The third kappa shape index (κ3) is 5.97. The monoisotopic (exact) mass is 516 g/mol. The van der Waals surface area contributed by atoms with Crippen molar-refractivity contribution >= 4 is 17.4 Å². The Morgan fingerprint density at radius 1 is 1.19 bits per heavy atom. The highest BCUT2D eigenvalue weighted by Gasteiger charge is 2.39. The molecule has 1 amide bonds. The van der Waals surface area contributed by atoms with Crippen molar-refractivity contribution in [2.75, 3.05) is 17.2 Å². The minimum atomic E-state index is -4.71. The first-order valence-electron chi connectivity index (χ1n) is 12.8. The molecule has 11 heteroatoms. The van der Waals surface area contributed by atoms with Crippen molar-refractivity contribution in [3.8, 4) is 11.5 Å². The Bertz CT molecular complexity index is 1240. The van der Waals surface area contributed by atoms with Crippen LogP contribution in [-0.2, 0) is 6.18 Å². The Morgan fingerprint density at radius 2 is 1.95 bits per heavy atom. The van der Waals surface area contributed by atoms with E-state index in [4.69, 9.17) is 4.42 Å². The van der Waals surface area contributed by atoms with Crippen LogP contribution in [0.4, 0.5) is 24.7 Å². The average molecular weight is 517 g/mol. The number of alkyl halides is 3. The maximum Gasteiger partial charge on any atom is 0.437 e. The Hall–Kier alpha value is -3.37. The van der Waals surface area contributed by atoms with Gasteiger partial charge in [0.2, 0.25) is 5.89 Å². The number of nitrogens with zero attached hydrogens (tertiary/aromatic N) is 4. The quantitative estimate of drug-likeness (QED) is 0.359. The molecule has 2 aliphatic rings. The van der Waals surface area contributed by atoms with Crippen molar-refractivity contribution in [1.82, 2.24) is 19.7 Å². The summed E-state index contributed by atoms with van der Waals surface area (Å²) in [5, 5.41) is 9.44. The van der Waals surface area contributed by atoms with Crippen molar-refractivity contribution in [2.24, 2.45) is 17.8 Å². The molecule has 0 atom stereocenters. The Labute approximate surface area is 213 Å². The lowest BCUT2D eigenvalue weighted by atomic mass is 9.80. The number of anilines is 2. The van der Waals surface area contributed by atoms with Crippen LogP contribution in [-0.4, -0.2) is 32.2 Å². The summed E-state index contributed by atoms with van der Waals surface area (Å²) in [4.78, 5) is 21.3. The van der Waals surface area contributed by atoms with Gasteiger partial charge in [-0.3, -0.25) is 9.48 Å². The molecular formula is C26H31F3N6O2. The number of rotatable bonds is 8. The highest BCUT2D eigenvalue weighted by Crippen LogP contribution is 2.39. The molecule has 0 aromatic carbocycles. The molecule has 198 valence electrons. The lowest BCUT2D eigenvalue weighted by molar-refractivity contribution is -0.141. The summed E-state index contributed by atoms with van der Waals surface area (Å²) in [7, 11) is 0. The van der Waals surface area contributed by atoms with Crippen molar-refractivity contribution < 1.29 is 22.4 Å². The lowest BCUT2D eigenvalue weighted by Gasteiger charge is -2.30. The summed E-state index contributed by atoms with van der Waals surface area (Å²) in [5.41, 5.74) is -1.02. The van der Waals surface area contributed by atoms with Crippen LogP contribution in [0.1, 0.15) is 74.6 Å². The van der Waals surface area contributed by atoms with E-state index in [9.17, 15) is 18.0 Å². The van der Waals surface area contributed by atoms with Crippen LogP contribution in [0, 0.1) is 17.8 Å².